The van der Waals surface area contributed by atoms with Gasteiger partial charge in [-0.3, -0.25) is 0 Å². The molecule has 114 valence electrons. The van der Waals surface area contributed by atoms with Crippen molar-refractivity contribution in [2.75, 3.05) is 24.5 Å². The summed E-state index contributed by atoms with van der Waals surface area (Å²) in [6, 6.07) is 18.5. The lowest BCUT2D eigenvalue weighted by molar-refractivity contribution is 0.563. The SMILES string of the molecule is c1ccc2c(c1)CCNCC2N1CCCCc2ccccc21. The first-order valence-corrected chi connectivity index (χ1v) is 8.56. The van der Waals surface area contributed by atoms with Crippen LogP contribution in [0.15, 0.2) is 48.5 Å². The first kappa shape index (κ1) is 13.8. The van der Waals surface area contributed by atoms with E-state index in [9.17, 15) is 0 Å². The Bertz CT molecular complexity index is 592. The van der Waals surface area contributed by atoms with Crippen molar-refractivity contribution in [1.82, 2.24) is 5.32 Å². The van der Waals surface area contributed by atoms with E-state index in [4.69, 9.17) is 0 Å². The number of anilines is 1. The van der Waals surface area contributed by atoms with Crippen molar-refractivity contribution >= 4 is 5.69 Å². The maximum Gasteiger partial charge on any atom is 0.0669 e. The average Bonchev–Trinajstić information content (AvgIpc) is 2.90. The highest BCUT2D eigenvalue weighted by Gasteiger charge is 2.26. The van der Waals surface area contributed by atoms with Crippen LogP contribution in [0.4, 0.5) is 5.69 Å². The van der Waals surface area contributed by atoms with E-state index < -0.39 is 0 Å². The molecule has 1 atom stereocenters. The van der Waals surface area contributed by atoms with Crippen molar-refractivity contribution in [2.45, 2.75) is 31.7 Å². The first-order valence-electron chi connectivity index (χ1n) is 8.56. The highest BCUT2D eigenvalue weighted by Crippen LogP contribution is 2.35. The van der Waals surface area contributed by atoms with Crippen LogP contribution in [0.25, 0.3) is 0 Å². The van der Waals surface area contributed by atoms with Gasteiger partial charge in [0, 0.05) is 18.8 Å². The molecule has 0 bridgehead atoms. The Hall–Kier alpha value is -1.80. The molecular formula is C20H24N2. The van der Waals surface area contributed by atoms with E-state index in [0.717, 1.165) is 26.1 Å². The molecule has 2 nitrogen and oxygen atoms in total. The molecule has 1 unspecified atom stereocenters. The topological polar surface area (TPSA) is 15.3 Å². The zero-order valence-corrected chi connectivity index (χ0v) is 13.1. The fraction of sp³-hybridized carbons (Fsp3) is 0.400. The third kappa shape index (κ3) is 2.52. The van der Waals surface area contributed by atoms with Gasteiger partial charge in [-0.1, -0.05) is 42.5 Å². The minimum atomic E-state index is 0.456. The quantitative estimate of drug-likeness (QED) is 0.862. The average molecular weight is 292 g/mol. The van der Waals surface area contributed by atoms with Crippen LogP contribution in [-0.4, -0.2) is 19.6 Å². The van der Waals surface area contributed by atoms with Crippen molar-refractivity contribution in [1.29, 1.82) is 0 Å². The molecule has 0 aliphatic carbocycles. The molecule has 0 spiro atoms. The normalized spacial score (nSPS) is 21.5. The lowest BCUT2D eigenvalue weighted by Crippen LogP contribution is -2.35. The molecular weight excluding hydrogens is 268 g/mol. The summed E-state index contributed by atoms with van der Waals surface area (Å²) < 4.78 is 0. The summed E-state index contributed by atoms with van der Waals surface area (Å²) in [6.45, 7) is 3.30. The number of fused-ring (bicyclic) bond motifs is 2. The molecule has 22 heavy (non-hydrogen) atoms. The van der Waals surface area contributed by atoms with Crippen LogP contribution in [0, 0.1) is 0 Å². The maximum atomic E-state index is 3.65. The molecule has 0 amide bonds. The highest BCUT2D eigenvalue weighted by atomic mass is 15.2. The van der Waals surface area contributed by atoms with Crippen molar-refractivity contribution in [3.63, 3.8) is 0 Å². The number of rotatable bonds is 1. The van der Waals surface area contributed by atoms with Gasteiger partial charge in [0.05, 0.1) is 6.04 Å². The predicted molar refractivity (Wildman–Crippen MR) is 92.5 cm³/mol. The largest absolute Gasteiger partial charge is 0.363 e. The molecule has 2 heteroatoms. The van der Waals surface area contributed by atoms with E-state index in [1.807, 2.05) is 0 Å². The van der Waals surface area contributed by atoms with Gasteiger partial charge >= 0.3 is 0 Å². The minimum Gasteiger partial charge on any atom is -0.363 e. The van der Waals surface area contributed by atoms with Gasteiger partial charge < -0.3 is 10.2 Å². The minimum absolute atomic E-state index is 0.456. The Kier molecular flexibility index (Phi) is 3.86. The fourth-order valence-corrected chi connectivity index (χ4v) is 3.98. The van der Waals surface area contributed by atoms with Crippen LogP contribution < -0.4 is 10.2 Å². The van der Waals surface area contributed by atoms with E-state index in [1.165, 1.54) is 41.6 Å². The van der Waals surface area contributed by atoms with Crippen LogP contribution in [0.1, 0.15) is 35.6 Å². The zero-order valence-electron chi connectivity index (χ0n) is 13.1. The number of aryl methyl sites for hydroxylation is 1. The number of nitrogens with zero attached hydrogens (tertiary/aromatic N) is 1. The number of nitrogens with one attached hydrogen (secondary N) is 1. The monoisotopic (exact) mass is 292 g/mol. The van der Waals surface area contributed by atoms with E-state index in [0.29, 0.717) is 6.04 Å². The summed E-state index contributed by atoms with van der Waals surface area (Å²) in [5.74, 6) is 0. The Labute approximate surface area is 133 Å². The molecule has 0 saturated heterocycles. The zero-order chi connectivity index (χ0) is 14.8. The molecule has 2 aliphatic heterocycles. The summed E-state index contributed by atoms with van der Waals surface area (Å²) in [5.41, 5.74) is 5.99. The van der Waals surface area contributed by atoms with Gasteiger partial charge in [0.2, 0.25) is 0 Å². The molecule has 0 aromatic heterocycles. The molecule has 2 aliphatic rings. The third-order valence-electron chi connectivity index (χ3n) is 5.10. The molecule has 0 fully saturated rings. The number of benzene rings is 2. The van der Waals surface area contributed by atoms with Gasteiger partial charge in [0.25, 0.3) is 0 Å². The highest BCUT2D eigenvalue weighted by molar-refractivity contribution is 5.57. The van der Waals surface area contributed by atoms with Gasteiger partial charge in [0.15, 0.2) is 0 Å². The fourth-order valence-electron chi connectivity index (χ4n) is 3.98. The summed E-state index contributed by atoms with van der Waals surface area (Å²) in [4.78, 5) is 2.65. The maximum absolute atomic E-state index is 3.65. The van der Waals surface area contributed by atoms with Crippen LogP contribution in [0.2, 0.25) is 0 Å². The Morgan fingerprint density at radius 1 is 0.864 bits per heavy atom. The smallest absolute Gasteiger partial charge is 0.0669 e. The third-order valence-corrected chi connectivity index (χ3v) is 5.10. The van der Waals surface area contributed by atoms with Crippen LogP contribution in [0.5, 0.6) is 0 Å². The molecule has 2 aromatic carbocycles. The second-order valence-corrected chi connectivity index (χ2v) is 6.45. The van der Waals surface area contributed by atoms with Crippen LogP contribution in [-0.2, 0) is 12.8 Å². The number of hydrogen-bond acceptors (Lipinski definition) is 2. The van der Waals surface area contributed by atoms with Gasteiger partial charge in [0.1, 0.15) is 0 Å². The molecule has 2 aromatic rings. The first-order chi connectivity index (χ1) is 10.9. The lowest BCUT2D eigenvalue weighted by Gasteiger charge is -2.34. The Balaban J connectivity index is 1.78. The van der Waals surface area contributed by atoms with Gasteiger partial charge in [-0.15, -0.1) is 0 Å². The molecule has 1 N–H and O–H groups in total. The second kappa shape index (κ2) is 6.13. The predicted octanol–water partition coefficient (Wildman–Crippen LogP) is 3.72. The molecule has 0 saturated carbocycles. The van der Waals surface area contributed by atoms with E-state index in [2.05, 4.69) is 58.7 Å². The Morgan fingerprint density at radius 3 is 2.64 bits per heavy atom. The van der Waals surface area contributed by atoms with Crippen molar-refractivity contribution in [3.05, 3.63) is 65.2 Å². The number of para-hydroxylation sites is 1. The summed E-state index contributed by atoms with van der Waals surface area (Å²) in [7, 11) is 0. The number of hydrogen-bond donors (Lipinski definition) is 1. The Morgan fingerprint density at radius 2 is 1.68 bits per heavy atom. The van der Waals surface area contributed by atoms with Crippen molar-refractivity contribution < 1.29 is 0 Å². The van der Waals surface area contributed by atoms with Crippen LogP contribution >= 0.6 is 0 Å². The second-order valence-electron chi connectivity index (χ2n) is 6.45. The van der Waals surface area contributed by atoms with E-state index in [1.54, 1.807) is 0 Å². The van der Waals surface area contributed by atoms with Gasteiger partial charge in [-0.2, -0.15) is 0 Å². The van der Waals surface area contributed by atoms with Crippen molar-refractivity contribution in [3.8, 4) is 0 Å². The van der Waals surface area contributed by atoms with E-state index >= 15 is 0 Å². The molecule has 2 heterocycles. The standard InChI is InChI=1S/C20H24N2/c1-3-10-18-16(7-1)12-13-21-15-20(18)22-14-6-5-9-17-8-2-4-11-19(17)22/h1-4,7-8,10-11,20-21H,5-6,9,12-15H2. The van der Waals surface area contributed by atoms with Gasteiger partial charge in [-0.25, -0.2) is 0 Å². The van der Waals surface area contributed by atoms with E-state index in [-0.39, 0.29) is 0 Å². The van der Waals surface area contributed by atoms with Crippen molar-refractivity contribution in [2.24, 2.45) is 0 Å². The van der Waals surface area contributed by atoms with Crippen LogP contribution in [0.3, 0.4) is 0 Å². The summed E-state index contributed by atoms with van der Waals surface area (Å²) >= 11 is 0. The van der Waals surface area contributed by atoms with Gasteiger partial charge in [-0.05, 0) is 55.0 Å². The summed E-state index contributed by atoms with van der Waals surface area (Å²) in [6.07, 6.45) is 4.94. The lowest BCUT2D eigenvalue weighted by atomic mass is 9.97. The molecule has 0 radical (unpaired) electrons. The molecule has 4 rings (SSSR count). The summed E-state index contributed by atoms with van der Waals surface area (Å²) in [5, 5.41) is 3.65.